The molecule has 0 aliphatic heterocycles. The molecule has 1 heterocycles. The SMILES string of the molecule is O=C(NCc1ccc(F)cc1)c1nccnc1C(=O)NCC1(c2ccc(Cl)cc2)CCC1. The van der Waals surface area contributed by atoms with Gasteiger partial charge in [0.25, 0.3) is 11.8 Å². The lowest BCUT2D eigenvalue weighted by molar-refractivity contribution is 0.0895. The van der Waals surface area contributed by atoms with E-state index in [-0.39, 0.29) is 29.2 Å². The zero-order valence-electron chi connectivity index (χ0n) is 17.3. The van der Waals surface area contributed by atoms with Gasteiger partial charge in [0.1, 0.15) is 5.82 Å². The summed E-state index contributed by atoms with van der Waals surface area (Å²) in [5, 5.41) is 6.30. The molecule has 3 aromatic rings. The van der Waals surface area contributed by atoms with E-state index in [1.807, 2.05) is 24.3 Å². The van der Waals surface area contributed by atoms with Gasteiger partial charge in [-0.1, -0.05) is 42.3 Å². The molecular weight excluding hydrogens is 431 g/mol. The van der Waals surface area contributed by atoms with Crippen LogP contribution in [0.1, 0.15) is 51.4 Å². The summed E-state index contributed by atoms with van der Waals surface area (Å²) in [7, 11) is 0. The molecule has 1 fully saturated rings. The van der Waals surface area contributed by atoms with Crippen molar-refractivity contribution in [2.24, 2.45) is 0 Å². The highest BCUT2D eigenvalue weighted by Gasteiger charge is 2.39. The average molecular weight is 453 g/mol. The fraction of sp³-hybridized carbons (Fsp3) is 0.250. The standard InChI is InChI=1S/C24H22ClFN4O2/c25-18-6-4-17(5-7-18)24(10-1-11-24)15-30-23(32)21-20(27-12-13-28-21)22(31)29-14-16-2-8-19(26)9-3-16/h2-9,12-13H,1,10-11,14-15H2,(H,29,31)(H,30,32). The third-order valence-corrected chi connectivity index (χ3v) is 6.10. The van der Waals surface area contributed by atoms with E-state index in [2.05, 4.69) is 20.6 Å². The number of carbonyl (C=O) groups excluding carboxylic acids is 2. The van der Waals surface area contributed by atoms with E-state index in [4.69, 9.17) is 11.6 Å². The first kappa shape index (κ1) is 21.9. The number of nitrogens with one attached hydrogen (secondary N) is 2. The van der Waals surface area contributed by atoms with Crippen LogP contribution < -0.4 is 10.6 Å². The highest BCUT2D eigenvalue weighted by atomic mass is 35.5. The van der Waals surface area contributed by atoms with Gasteiger partial charge in [-0.3, -0.25) is 9.59 Å². The smallest absolute Gasteiger partial charge is 0.272 e. The quantitative estimate of drug-likeness (QED) is 0.566. The molecule has 0 radical (unpaired) electrons. The lowest BCUT2D eigenvalue weighted by atomic mass is 9.64. The molecule has 0 unspecified atom stereocenters. The van der Waals surface area contributed by atoms with Gasteiger partial charge in [0.2, 0.25) is 0 Å². The van der Waals surface area contributed by atoms with Crippen molar-refractivity contribution in [2.75, 3.05) is 6.54 Å². The minimum absolute atomic E-state index is 0.0327. The number of benzene rings is 2. The Bertz CT molecular complexity index is 1120. The molecular formula is C24H22ClFN4O2. The molecule has 1 aromatic heterocycles. The monoisotopic (exact) mass is 452 g/mol. The zero-order chi connectivity index (χ0) is 22.6. The number of amides is 2. The van der Waals surface area contributed by atoms with Crippen LogP contribution in [-0.2, 0) is 12.0 Å². The van der Waals surface area contributed by atoms with Gasteiger partial charge in [-0.25, -0.2) is 14.4 Å². The Morgan fingerprint density at radius 1 is 0.906 bits per heavy atom. The summed E-state index contributed by atoms with van der Waals surface area (Å²) in [5.74, 6) is -1.33. The minimum atomic E-state index is -0.524. The van der Waals surface area contributed by atoms with Crippen molar-refractivity contribution in [1.29, 1.82) is 0 Å². The number of halogens is 2. The lowest BCUT2D eigenvalue weighted by Gasteiger charge is -2.42. The Balaban J connectivity index is 1.43. The van der Waals surface area contributed by atoms with Crippen LogP contribution in [0.2, 0.25) is 5.02 Å². The van der Waals surface area contributed by atoms with E-state index in [0.29, 0.717) is 11.6 Å². The molecule has 32 heavy (non-hydrogen) atoms. The summed E-state index contributed by atoms with van der Waals surface area (Å²) in [6.07, 6.45) is 5.75. The molecule has 0 spiro atoms. The summed E-state index contributed by atoms with van der Waals surface area (Å²) in [6, 6.07) is 13.5. The Labute approximate surface area is 190 Å². The van der Waals surface area contributed by atoms with Crippen LogP contribution in [0, 0.1) is 5.82 Å². The first-order valence-electron chi connectivity index (χ1n) is 10.3. The topological polar surface area (TPSA) is 84.0 Å². The number of carbonyl (C=O) groups is 2. The van der Waals surface area contributed by atoms with E-state index >= 15 is 0 Å². The third kappa shape index (κ3) is 4.78. The predicted molar refractivity (Wildman–Crippen MR) is 119 cm³/mol. The predicted octanol–water partition coefficient (Wildman–Crippen LogP) is 4.05. The van der Waals surface area contributed by atoms with Crippen LogP contribution in [0.5, 0.6) is 0 Å². The third-order valence-electron chi connectivity index (χ3n) is 5.85. The molecule has 0 atom stereocenters. The maximum Gasteiger partial charge on any atom is 0.272 e. The van der Waals surface area contributed by atoms with Gasteiger partial charge in [0.15, 0.2) is 11.4 Å². The summed E-state index contributed by atoms with van der Waals surface area (Å²) >= 11 is 6.01. The molecule has 2 amide bonds. The van der Waals surface area contributed by atoms with Crippen molar-refractivity contribution < 1.29 is 14.0 Å². The van der Waals surface area contributed by atoms with Gasteiger partial charge >= 0.3 is 0 Å². The Kier molecular flexibility index (Phi) is 6.46. The van der Waals surface area contributed by atoms with Crippen molar-refractivity contribution >= 4 is 23.4 Å². The second-order valence-electron chi connectivity index (χ2n) is 7.89. The summed E-state index contributed by atoms with van der Waals surface area (Å²) in [5.41, 5.74) is 1.62. The highest BCUT2D eigenvalue weighted by molar-refractivity contribution is 6.30. The maximum absolute atomic E-state index is 13.0. The van der Waals surface area contributed by atoms with E-state index in [1.165, 1.54) is 24.5 Å². The van der Waals surface area contributed by atoms with E-state index < -0.39 is 11.8 Å². The summed E-state index contributed by atoms with van der Waals surface area (Å²) in [6.45, 7) is 0.608. The Hall–Kier alpha value is -3.32. The second kappa shape index (κ2) is 9.44. The fourth-order valence-corrected chi connectivity index (χ4v) is 3.97. The van der Waals surface area contributed by atoms with Gasteiger partial charge in [-0.05, 0) is 48.2 Å². The second-order valence-corrected chi connectivity index (χ2v) is 8.32. The van der Waals surface area contributed by atoms with Crippen molar-refractivity contribution in [3.05, 3.63) is 94.3 Å². The van der Waals surface area contributed by atoms with Crippen LogP contribution in [-0.4, -0.2) is 28.3 Å². The summed E-state index contributed by atoms with van der Waals surface area (Å²) in [4.78, 5) is 33.7. The maximum atomic E-state index is 13.0. The van der Waals surface area contributed by atoms with Crippen molar-refractivity contribution in [3.8, 4) is 0 Å². The molecule has 8 heteroatoms. The first-order chi connectivity index (χ1) is 15.5. The van der Waals surface area contributed by atoms with Crippen LogP contribution in [0.25, 0.3) is 0 Å². The van der Waals surface area contributed by atoms with Crippen molar-refractivity contribution in [3.63, 3.8) is 0 Å². The molecule has 1 saturated carbocycles. The molecule has 0 bridgehead atoms. The van der Waals surface area contributed by atoms with Gasteiger partial charge in [-0.15, -0.1) is 0 Å². The number of rotatable bonds is 7. The van der Waals surface area contributed by atoms with E-state index in [0.717, 1.165) is 30.4 Å². The molecule has 0 saturated heterocycles. The van der Waals surface area contributed by atoms with Crippen LogP contribution in [0.3, 0.4) is 0 Å². The largest absolute Gasteiger partial charge is 0.350 e. The lowest BCUT2D eigenvalue weighted by Crippen LogP contribution is -2.46. The normalized spacial score (nSPS) is 14.3. The van der Waals surface area contributed by atoms with E-state index in [1.54, 1.807) is 12.1 Å². The fourth-order valence-electron chi connectivity index (χ4n) is 3.85. The number of hydrogen-bond acceptors (Lipinski definition) is 4. The van der Waals surface area contributed by atoms with Gasteiger partial charge in [0, 0.05) is 35.9 Å². The Morgan fingerprint density at radius 3 is 2.06 bits per heavy atom. The molecule has 1 aliphatic rings. The first-order valence-corrected chi connectivity index (χ1v) is 10.7. The van der Waals surface area contributed by atoms with Crippen LogP contribution >= 0.6 is 11.6 Å². The van der Waals surface area contributed by atoms with Crippen molar-refractivity contribution in [1.82, 2.24) is 20.6 Å². The van der Waals surface area contributed by atoms with Crippen LogP contribution in [0.15, 0.2) is 60.9 Å². The van der Waals surface area contributed by atoms with Gasteiger partial charge in [0.05, 0.1) is 0 Å². The Morgan fingerprint density at radius 2 is 1.50 bits per heavy atom. The van der Waals surface area contributed by atoms with Crippen LogP contribution in [0.4, 0.5) is 4.39 Å². The van der Waals surface area contributed by atoms with Gasteiger partial charge < -0.3 is 10.6 Å². The van der Waals surface area contributed by atoms with Crippen molar-refractivity contribution in [2.45, 2.75) is 31.2 Å². The molecule has 164 valence electrons. The average Bonchev–Trinajstić information content (AvgIpc) is 2.78. The zero-order valence-corrected chi connectivity index (χ0v) is 18.0. The molecule has 1 aliphatic carbocycles. The number of hydrogen-bond donors (Lipinski definition) is 2. The highest BCUT2D eigenvalue weighted by Crippen LogP contribution is 2.43. The summed E-state index contributed by atoms with van der Waals surface area (Å²) < 4.78 is 13.0. The minimum Gasteiger partial charge on any atom is -0.350 e. The molecule has 2 aromatic carbocycles. The van der Waals surface area contributed by atoms with Gasteiger partial charge in [-0.2, -0.15) is 0 Å². The molecule has 2 N–H and O–H groups in total. The number of aromatic nitrogens is 2. The number of nitrogens with zero attached hydrogens (tertiary/aromatic N) is 2. The molecule has 4 rings (SSSR count). The van der Waals surface area contributed by atoms with E-state index in [9.17, 15) is 14.0 Å². The molecule has 6 nitrogen and oxygen atoms in total.